The predicted molar refractivity (Wildman–Crippen MR) is 97.6 cm³/mol. The zero-order chi connectivity index (χ0) is 18.8. The van der Waals surface area contributed by atoms with Crippen LogP contribution in [0.4, 0.5) is 4.79 Å². The van der Waals surface area contributed by atoms with Crippen molar-refractivity contribution in [3.05, 3.63) is 69.5 Å². The lowest BCUT2D eigenvalue weighted by Gasteiger charge is -2.21. The maximum atomic E-state index is 12.8. The molecule has 0 atom stereocenters. The number of aromatic nitrogens is 2. The van der Waals surface area contributed by atoms with Gasteiger partial charge in [-0.2, -0.15) is 4.68 Å². The Kier molecular flexibility index (Phi) is 4.62. The molecule has 0 radical (unpaired) electrons. The van der Waals surface area contributed by atoms with E-state index in [-0.39, 0.29) is 10.9 Å². The number of aryl methyl sites for hydroxylation is 1. The van der Waals surface area contributed by atoms with Crippen molar-refractivity contribution in [3.63, 3.8) is 0 Å². The summed E-state index contributed by atoms with van der Waals surface area (Å²) >= 11 is 0. The van der Waals surface area contributed by atoms with Gasteiger partial charge in [-0.05, 0) is 43.2 Å². The third-order valence-corrected chi connectivity index (χ3v) is 4.40. The van der Waals surface area contributed by atoms with E-state index in [1.54, 1.807) is 4.90 Å². The lowest BCUT2D eigenvalue weighted by atomic mass is 10.1. The molecule has 0 bridgehead atoms. The van der Waals surface area contributed by atoms with Gasteiger partial charge in [0.2, 0.25) is 0 Å². The predicted octanol–water partition coefficient (Wildman–Crippen LogP) is 2.83. The number of aromatic amines is 1. The van der Waals surface area contributed by atoms with Crippen molar-refractivity contribution in [2.75, 3.05) is 6.54 Å². The molecule has 1 heterocycles. The minimum atomic E-state index is -1.10. The first-order valence-corrected chi connectivity index (χ1v) is 8.24. The number of carbonyl (C=O) groups excluding carboxylic acids is 1. The van der Waals surface area contributed by atoms with Gasteiger partial charge in [0.25, 0.3) is 5.56 Å². The van der Waals surface area contributed by atoms with Crippen LogP contribution in [0.15, 0.2) is 47.3 Å². The molecule has 7 heteroatoms. The highest BCUT2D eigenvalue weighted by molar-refractivity contribution is 5.93. The molecule has 0 fully saturated rings. The van der Waals surface area contributed by atoms with Gasteiger partial charge in [-0.3, -0.25) is 9.89 Å². The maximum Gasteiger partial charge on any atom is 0.346 e. The molecule has 0 saturated carbocycles. The Morgan fingerprint density at radius 1 is 1.19 bits per heavy atom. The summed E-state index contributed by atoms with van der Waals surface area (Å²) in [7, 11) is 0. The second-order valence-corrected chi connectivity index (χ2v) is 6.04. The summed E-state index contributed by atoms with van der Waals surface area (Å²) in [5.74, 6) is -1.10. The lowest BCUT2D eigenvalue weighted by molar-refractivity contribution is 0.0697. The van der Waals surface area contributed by atoms with Crippen LogP contribution >= 0.6 is 0 Å². The molecular weight excluding hydrogens is 334 g/mol. The van der Waals surface area contributed by atoms with Crippen molar-refractivity contribution in [1.29, 1.82) is 0 Å². The molecule has 0 aliphatic carbocycles. The normalized spacial score (nSPS) is 10.8. The van der Waals surface area contributed by atoms with Crippen LogP contribution in [0.3, 0.4) is 0 Å². The van der Waals surface area contributed by atoms with Crippen molar-refractivity contribution in [2.45, 2.75) is 20.4 Å². The largest absolute Gasteiger partial charge is 0.478 e. The number of carboxylic acids is 1. The number of aromatic carboxylic acids is 1. The third-order valence-electron chi connectivity index (χ3n) is 4.40. The van der Waals surface area contributed by atoms with Crippen LogP contribution in [0, 0.1) is 6.92 Å². The van der Waals surface area contributed by atoms with E-state index in [4.69, 9.17) is 5.11 Å². The van der Waals surface area contributed by atoms with Gasteiger partial charge in [0.1, 0.15) is 0 Å². The van der Waals surface area contributed by atoms with Crippen molar-refractivity contribution >= 4 is 22.9 Å². The number of nitrogens with zero attached hydrogens (tertiary/aromatic N) is 2. The van der Waals surface area contributed by atoms with Crippen LogP contribution in [-0.4, -0.2) is 38.3 Å². The van der Waals surface area contributed by atoms with E-state index in [2.05, 4.69) is 5.10 Å². The standard InChI is InChI=1S/C19H19N3O4/c1-3-21(11-14-7-5-4-6-12(14)2)19(26)22-17(23)15-9-8-13(18(24)25)10-16(15)20-22/h4-10,20H,3,11H2,1-2H3,(H,24,25). The zero-order valence-electron chi connectivity index (χ0n) is 14.5. The summed E-state index contributed by atoms with van der Waals surface area (Å²) < 4.78 is 0.929. The van der Waals surface area contributed by atoms with Gasteiger partial charge in [0, 0.05) is 13.1 Å². The first-order valence-electron chi connectivity index (χ1n) is 8.24. The molecule has 0 aliphatic rings. The highest BCUT2D eigenvalue weighted by atomic mass is 16.4. The molecule has 26 heavy (non-hydrogen) atoms. The van der Waals surface area contributed by atoms with E-state index in [1.807, 2.05) is 38.1 Å². The van der Waals surface area contributed by atoms with Crippen LogP contribution in [0.25, 0.3) is 10.9 Å². The number of amides is 1. The zero-order valence-corrected chi connectivity index (χ0v) is 14.5. The molecule has 1 aromatic heterocycles. The number of benzene rings is 2. The molecule has 0 unspecified atom stereocenters. The summed E-state index contributed by atoms with van der Waals surface area (Å²) in [5, 5.41) is 12.1. The van der Waals surface area contributed by atoms with Gasteiger partial charge in [-0.15, -0.1) is 0 Å². The molecule has 2 N–H and O–H groups in total. The molecular formula is C19H19N3O4. The Morgan fingerprint density at radius 3 is 2.58 bits per heavy atom. The lowest BCUT2D eigenvalue weighted by Crippen LogP contribution is -2.39. The highest BCUT2D eigenvalue weighted by Gasteiger charge is 2.20. The van der Waals surface area contributed by atoms with Gasteiger partial charge in [0.05, 0.1) is 16.5 Å². The van der Waals surface area contributed by atoms with Crippen molar-refractivity contribution in [1.82, 2.24) is 14.7 Å². The number of carboxylic acid groups (broad SMARTS) is 1. The van der Waals surface area contributed by atoms with Crippen LogP contribution in [0.5, 0.6) is 0 Å². The average Bonchev–Trinajstić information content (AvgIpc) is 2.96. The summed E-state index contributed by atoms with van der Waals surface area (Å²) in [6.07, 6.45) is 0. The van der Waals surface area contributed by atoms with Crippen LogP contribution in [0.1, 0.15) is 28.4 Å². The Labute approximate surface area is 149 Å². The number of hydrogen-bond acceptors (Lipinski definition) is 3. The fraction of sp³-hybridized carbons (Fsp3) is 0.211. The first-order chi connectivity index (χ1) is 12.4. The topological polar surface area (TPSA) is 95.4 Å². The van der Waals surface area contributed by atoms with Crippen molar-refractivity contribution in [3.8, 4) is 0 Å². The van der Waals surface area contributed by atoms with E-state index in [1.165, 1.54) is 18.2 Å². The van der Waals surface area contributed by atoms with E-state index < -0.39 is 17.6 Å². The summed E-state index contributed by atoms with van der Waals surface area (Å²) in [4.78, 5) is 38.0. The SMILES string of the molecule is CCN(Cc1ccccc1C)C(=O)n1[nH]c2cc(C(=O)O)ccc2c1=O. The minimum absolute atomic E-state index is 0.0469. The Balaban J connectivity index is 1.97. The Bertz CT molecular complexity index is 1050. The van der Waals surface area contributed by atoms with Gasteiger partial charge < -0.3 is 10.0 Å². The Hall–Kier alpha value is -3.35. The maximum absolute atomic E-state index is 12.8. The van der Waals surface area contributed by atoms with E-state index in [9.17, 15) is 14.4 Å². The molecule has 134 valence electrons. The van der Waals surface area contributed by atoms with Gasteiger partial charge in [0.15, 0.2) is 0 Å². The number of rotatable bonds is 4. The van der Waals surface area contributed by atoms with Gasteiger partial charge >= 0.3 is 12.0 Å². The number of carbonyl (C=O) groups is 2. The van der Waals surface area contributed by atoms with E-state index >= 15 is 0 Å². The number of nitrogens with one attached hydrogen (secondary N) is 1. The second kappa shape index (κ2) is 6.87. The third kappa shape index (κ3) is 3.11. The molecule has 7 nitrogen and oxygen atoms in total. The summed E-state index contributed by atoms with van der Waals surface area (Å²) in [6.45, 7) is 4.61. The molecule has 3 aromatic rings. The Morgan fingerprint density at radius 2 is 1.92 bits per heavy atom. The number of fused-ring (bicyclic) bond motifs is 1. The first kappa shape index (κ1) is 17.5. The quantitative estimate of drug-likeness (QED) is 0.754. The number of H-pyrrole nitrogens is 1. The summed E-state index contributed by atoms with van der Waals surface area (Å²) in [6, 6.07) is 11.4. The highest BCUT2D eigenvalue weighted by Crippen LogP contribution is 2.14. The van der Waals surface area contributed by atoms with Crippen molar-refractivity contribution in [2.24, 2.45) is 0 Å². The molecule has 0 spiro atoms. The van der Waals surface area contributed by atoms with Crippen LogP contribution in [0.2, 0.25) is 0 Å². The smallest absolute Gasteiger partial charge is 0.346 e. The van der Waals surface area contributed by atoms with E-state index in [0.717, 1.165) is 15.8 Å². The molecule has 1 amide bonds. The van der Waals surface area contributed by atoms with Crippen LogP contribution < -0.4 is 5.56 Å². The number of hydrogen-bond donors (Lipinski definition) is 2. The van der Waals surface area contributed by atoms with Gasteiger partial charge in [-0.25, -0.2) is 9.59 Å². The second-order valence-electron chi connectivity index (χ2n) is 6.04. The molecule has 2 aromatic carbocycles. The minimum Gasteiger partial charge on any atom is -0.478 e. The van der Waals surface area contributed by atoms with Crippen LogP contribution in [-0.2, 0) is 6.54 Å². The average molecular weight is 353 g/mol. The van der Waals surface area contributed by atoms with Gasteiger partial charge in [-0.1, -0.05) is 24.3 Å². The molecule has 0 saturated heterocycles. The van der Waals surface area contributed by atoms with E-state index in [0.29, 0.717) is 18.6 Å². The summed E-state index contributed by atoms with van der Waals surface area (Å²) in [5.41, 5.74) is 1.93. The molecule has 3 rings (SSSR count). The monoisotopic (exact) mass is 353 g/mol. The fourth-order valence-corrected chi connectivity index (χ4v) is 2.83. The fourth-order valence-electron chi connectivity index (χ4n) is 2.83. The van der Waals surface area contributed by atoms with Crippen molar-refractivity contribution < 1.29 is 14.7 Å². The molecule has 0 aliphatic heterocycles.